The summed E-state index contributed by atoms with van der Waals surface area (Å²) in [5.41, 5.74) is 1.02. The zero-order valence-electron chi connectivity index (χ0n) is 11.2. The van der Waals surface area contributed by atoms with Crippen molar-refractivity contribution < 1.29 is 14.3 Å². The molecule has 1 saturated heterocycles. The number of anilines is 1. The molecule has 0 aliphatic carbocycles. The number of carboxylic acids is 1. The van der Waals surface area contributed by atoms with Crippen molar-refractivity contribution in [2.75, 3.05) is 31.1 Å². The normalized spacial score (nSPS) is 17.6. The fraction of sp³-hybridized carbons (Fsp3) is 0.429. The average molecular weight is 277 g/mol. The van der Waals surface area contributed by atoms with Gasteiger partial charge in [0.25, 0.3) is 0 Å². The van der Waals surface area contributed by atoms with E-state index in [1.54, 1.807) is 13.0 Å². The molecule has 5 nitrogen and oxygen atoms in total. The predicted molar refractivity (Wildman–Crippen MR) is 72.0 cm³/mol. The van der Waals surface area contributed by atoms with Crippen molar-refractivity contribution in [3.05, 3.63) is 29.6 Å². The van der Waals surface area contributed by atoms with Crippen LogP contribution >= 0.6 is 0 Å². The van der Waals surface area contributed by atoms with Crippen molar-refractivity contribution in [3.8, 4) is 6.07 Å². The molecule has 1 heterocycles. The maximum absolute atomic E-state index is 13.1. The van der Waals surface area contributed by atoms with Gasteiger partial charge >= 0.3 is 5.97 Å². The smallest absolute Gasteiger partial charge is 0.320 e. The molecule has 1 fully saturated rings. The third-order valence-electron chi connectivity index (χ3n) is 3.64. The van der Waals surface area contributed by atoms with E-state index >= 15 is 0 Å². The van der Waals surface area contributed by atoms with Gasteiger partial charge in [0.05, 0.1) is 11.3 Å². The second kappa shape index (κ2) is 5.88. The highest BCUT2D eigenvalue weighted by Crippen LogP contribution is 2.22. The second-order valence-corrected chi connectivity index (χ2v) is 4.81. The fourth-order valence-electron chi connectivity index (χ4n) is 2.38. The van der Waals surface area contributed by atoms with Crippen LogP contribution in [0.3, 0.4) is 0 Å². The molecule has 0 aromatic heterocycles. The lowest BCUT2D eigenvalue weighted by Crippen LogP contribution is -2.51. The summed E-state index contributed by atoms with van der Waals surface area (Å²) in [5.74, 6) is -1.26. The summed E-state index contributed by atoms with van der Waals surface area (Å²) < 4.78 is 13.1. The number of carboxylic acid groups (broad SMARTS) is 1. The Balaban J connectivity index is 2.08. The minimum absolute atomic E-state index is 0.310. The zero-order valence-corrected chi connectivity index (χ0v) is 11.2. The Labute approximate surface area is 116 Å². The van der Waals surface area contributed by atoms with Crippen molar-refractivity contribution in [2.45, 2.75) is 13.0 Å². The second-order valence-electron chi connectivity index (χ2n) is 4.81. The number of nitriles is 1. The van der Waals surface area contributed by atoms with Crippen LogP contribution in [0.15, 0.2) is 18.2 Å². The monoisotopic (exact) mass is 277 g/mol. The first-order valence-electron chi connectivity index (χ1n) is 6.44. The van der Waals surface area contributed by atoms with Crippen LogP contribution in [0.4, 0.5) is 10.1 Å². The maximum atomic E-state index is 13.1. The van der Waals surface area contributed by atoms with Crippen LogP contribution in [-0.2, 0) is 4.79 Å². The van der Waals surface area contributed by atoms with Crippen LogP contribution in [-0.4, -0.2) is 48.2 Å². The quantitative estimate of drug-likeness (QED) is 0.901. The number of halogens is 1. The van der Waals surface area contributed by atoms with Crippen LogP contribution in [0.25, 0.3) is 0 Å². The summed E-state index contributed by atoms with van der Waals surface area (Å²) >= 11 is 0. The molecular formula is C14H16FN3O2. The molecule has 20 heavy (non-hydrogen) atoms. The van der Waals surface area contributed by atoms with E-state index < -0.39 is 17.8 Å². The molecule has 1 unspecified atom stereocenters. The molecule has 1 N–H and O–H groups in total. The molecule has 1 aromatic rings. The molecule has 6 heteroatoms. The highest BCUT2D eigenvalue weighted by Gasteiger charge is 2.26. The molecule has 1 aliphatic heterocycles. The molecule has 1 atom stereocenters. The van der Waals surface area contributed by atoms with Crippen molar-refractivity contribution in [1.29, 1.82) is 5.26 Å². The Morgan fingerprint density at radius 3 is 2.60 bits per heavy atom. The lowest BCUT2D eigenvalue weighted by Gasteiger charge is -2.38. The summed E-state index contributed by atoms with van der Waals surface area (Å²) in [7, 11) is 0. The number of carbonyl (C=O) groups is 1. The van der Waals surface area contributed by atoms with Gasteiger partial charge < -0.3 is 10.0 Å². The maximum Gasteiger partial charge on any atom is 0.320 e. The summed E-state index contributed by atoms with van der Waals surface area (Å²) in [6.45, 7) is 4.12. The van der Waals surface area contributed by atoms with Gasteiger partial charge in [0.2, 0.25) is 0 Å². The number of aliphatic carboxylic acids is 1. The Bertz CT molecular complexity index is 548. The van der Waals surface area contributed by atoms with Crippen LogP contribution < -0.4 is 4.90 Å². The van der Waals surface area contributed by atoms with Gasteiger partial charge in [-0.3, -0.25) is 9.69 Å². The number of rotatable bonds is 3. The molecule has 0 bridgehead atoms. The summed E-state index contributed by atoms with van der Waals surface area (Å²) in [5, 5.41) is 18.0. The van der Waals surface area contributed by atoms with Crippen molar-refractivity contribution in [1.82, 2.24) is 4.90 Å². The van der Waals surface area contributed by atoms with E-state index in [0.29, 0.717) is 37.4 Å². The number of hydrogen-bond acceptors (Lipinski definition) is 4. The number of hydrogen-bond donors (Lipinski definition) is 1. The van der Waals surface area contributed by atoms with E-state index in [0.717, 1.165) is 0 Å². The standard InChI is InChI=1S/C14H16FN3O2/c1-10(14(19)20)17-4-6-18(7-5-17)13-3-2-12(15)8-11(13)9-16/h2-3,8,10H,4-7H2,1H3,(H,19,20). The number of nitrogens with zero attached hydrogens (tertiary/aromatic N) is 3. The van der Waals surface area contributed by atoms with Gasteiger partial charge in [-0.25, -0.2) is 4.39 Å². The van der Waals surface area contributed by atoms with E-state index in [9.17, 15) is 9.18 Å². The first kappa shape index (κ1) is 14.3. The van der Waals surface area contributed by atoms with Gasteiger partial charge in [0, 0.05) is 26.2 Å². The van der Waals surface area contributed by atoms with E-state index in [4.69, 9.17) is 10.4 Å². The fourth-order valence-corrected chi connectivity index (χ4v) is 2.38. The predicted octanol–water partition coefficient (Wildman–Crippen LogP) is 1.29. The van der Waals surface area contributed by atoms with Crippen molar-refractivity contribution in [3.63, 3.8) is 0 Å². The van der Waals surface area contributed by atoms with Gasteiger partial charge in [0.15, 0.2) is 0 Å². The average Bonchev–Trinajstić information content (AvgIpc) is 2.46. The number of piperazine rings is 1. The lowest BCUT2D eigenvalue weighted by molar-refractivity contribution is -0.142. The van der Waals surface area contributed by atoms with Gasteiger partial charge in [0.1, 0.15) is 17.9 Å². The van der Waals surface area contributed by atoms with E-state index in [1.807, 2.05) is 15.9 Å². The topological polar surface area (TPSA) is 67.6 Å². The van der Waals surface area contributed by atoms with Crippen molar-refractivity contribution >= 4 is 11.7 Å². The largest absolute Gasteiger partial charge is 0.480 e. The minimum Gasteiger partial charge on any atom is -0.480 e. The lowest BCUT2D eigenvalue weighted by atomic mass is 10.1. The highest BCUT2D eigenvalue weighted by molar-refractivity contribution is 5.73. The third-order valence-corrected chi connectivity index (χ3v) is 3.64. The zero-order chi connectivity index (χ0) is 14.7. The first-order valence-corrected chi connectivity index (χ1v) is 6.44. The van der Waals surface area contributed by atoms with Crippen LogP contribution in [0, 0.1) is 17.1 Å². The first-order chi connectivity index (χ1) is 9.52. The highest BCUT2D eigenvalue weighted by atomic mass is 19.1. The molecule has 1 aliphatic rings. The Hall–Kier alpha value is -2.13. The van der Waals surface area contributed by atoms with Crippen LogP contribution in [0.5, 0.6) is 0 Å². The van der Waals surface area contributed by atoms with Gasteiger partial charge in [-0.2, -0.15) is 5.26 Å². The molecule has 0 amide bonds. The Morgan fingerprint density at radius 2 is 2.05 bits per heavy atom. The van der Waals surface area contributed by atoms with E-state index in [2.05, 4.69) is 0 Å². The molecule has 1 aromatic carbocycles. The molecule has 0 spiro atoms. The minimum atomic E-state index is -0.835. The molecule has 0 saturated carbocycles. The summed E-state index contributed by atoms with van der Waals surface area (Å²) in [4.78, 5) is 14.8. The molecular weight excluding hydrogens is 261 g/mol. The number of benzene rings is 1. The van der Waals surface area contributed by atoms with Crippen LogP contribution in [0.2, 0.25) is 0 Å². The molecule has 0 radical (unpaired) electrons. The van der Waals surface area contributed by atoms with Gasteiger partial charge in [-0.1, -0.05) is 0 Å². The summed E-state index contributed by atoms with van der Waals surface area (Å²) in [6.07, 6.45) is 0. The van der Waals surface area contributed by atoms with E-state index in [-0.39, 0.29) is 0 Å². The Morgan fingerprint density at radius 1 is 1.40 bits per heavy atom. The molecule has 2 rings (SSSR count). The van der Waals surface area contributed by atoms with Gasteiger partial charge in [-0.15, -0.1) is 0 Å². The third kappa shape index (κ3) is 2.89. The summed E-state index contributed by atoms with van der Waals surface area (Å²) in [6, 6.07) is 5.64. The van der Waals surface area contributed by atoms with Crippen molar-refractivity contribution in [2.24, 2.45) is 0 Å². The Kier molecular flexibility index (Phi) is 4.20. The van der Waals surface area contributed by atoms with E-state index in [1.165, 1.54) is 12.1 Å². The van der Waals surface area contributed by atoms with Crippen LogP contribution in [0.1, 0.15) is 12.5 Å². The molecule has 106 valence electrons. The SMILES string of the molecule is CC(C(=O)O)N1CCN(c2ccc(F)cc2C#N)CC1. The van der Waals surface area contributed by atoms with Gasteiger partial charge in [-0.05, 0) is 25.1 Å².